The minimum atomic E-state index is -3.94. The first kappa shape index (κ1) is 19.0. The van der Waals surface area contributed by atoms with Gasteiger partial charge < -0.3 is 0 Å². The van der Waals surface area contributed by atoms with Gasteiger partial charge in [0.2, 0.25) is 9.84 Å². The van der Waals surface area contributed by atoms with Crippen LogP contribution in [0.3, 0.4) is 0 Å². The van der Waals surface area contributed by atoms with Crippen molar-refractivity contribution < 1.29 is 13.2 Å². The Morgan fingerprint density at radius 2 is 1.55 bits per heavy atom. The Morgan fingerprint density at radius 3 is 2.21 bits per heavy atom. The number of aromatic nitrogens is 1. The second kappa shape index (κ2) is 7.60. The standard InChI is InChI=1S/C24H19NO3S/c1-2-17-13-14-22-20(15-17)24(29(27,28)19-11-7-4-8-12-19)21(16-25-22)23(26)18-9-5-3-6-10-18/h3-16H,2H2,1H3. The molecule has 5 heteroatoms. The van der Waals surface area contributed by atoms with Crippen LogP contribution in [0, 0.1) is 0 Å². The van der Waals surface area contributed by atoms with Gasteiger partial charge in [0.1, 0.15) is 0 Å². The van der Waals surface area contributed by atoms with Gasteiger partial charge in [-0.1, -0.05) is 61.5 Å². The molecular weight excluding hydrogens is 382 g/mol. The van der Waals surface area contributed by atoms with Crippen molar-refractivity contribution in [2.24, 2.45) is 0 Å². The minimum Gasteiger partial charge on any atom is -0.289 e. The monoisotopic (exact) mass is 401 g/mol. The number of aryl methyl sites for hydroxylation is 1. The lowest BCUT2D eigenvalue weighted by Gasteiger charge is -2.14. The molecule has 0 spiro atoms. The van der Waals surface area contributed by atoms with Gasteiger partial charge in [-0.15, -0.1) is 0 Å². The van der Waals surface area contributed by atoms with Gasteiger partial charge in [-0.2, -0.15) is 0 Å². The van der Waals surface area contributed by atoms with E-state index in [-0.39, 0.29) is 21.1 Å². The van der Waals surface area contributed by atoms with Gasteiger partial charge in [-0.3, -0.25) is 9.78 Å². The average molecular weight is 401 g/mol. The number of nitrogens with zero attached hydrogens (tertiary/aromatic N) is 1. The van der Waals surface area contributed by atoms with Crippen LogP contribution in [0.1, 0.15) is 28.4 Å². The van der Waals surface area contributed by atoms with E-state index in [4.69, 9.17) is 0 Å². The smallest absolute Gasteiger partial charge is 0.208 e. The van der Waals surface area contributed by atoms with Gasteiger partial charge in [0.05, 0.1) is 20.9 Å². The number of carbonyl (C=O) groups excluding carboxylic acids is 1. The Hall–Kier alpha value is -3.31. The highest BCUT2D eigenvalue weighted by atomic mass is 32.2. The zero-order valence-corrected chi connectivity index (χ0v) is 16.7. The third kappa shape index (κ3) is 3.45. The lowest BCUT2D eigenvalue weighted by molar-refractivity contribution is 0.103. The number of carbonyl (C=O) groups is 1. The molecule has 0 unspecified atom stereocenters. The molecule has 0 amide bonds. The van der Waals surface area contributed by atoms with E-state index in [0.717, 1.165) is 12.0 Å². The van der Waals surface area contributed by atoms with Crippen LogP contribution < -0.4 is 0 Å². The number of ketones is 1. The third-order valence-electron chi connectivity index (χ3n) is 4.89. The summed E-state index contributed by atoms with van der Waals surface area (Å²) in [5.74, 6) is -0.364. The van der Waals surface area contributed by atoms with Crippen molar-refractivity contribution in [2.75, 3.05) is 0 Å². The average Bonchev–Trinajstić information content (AvgIpc) is 2.78. The molecule has 0 saturated carbocycles. The molecule has 4 aromatic rings. The summed E-state index contributed by atoms with van der Waals surface area (Å²) in [4.78, 5) is 17.8. The predicted octanol–water partition coefficient (Wildman–Crippen LogP) is 4.86. The van der Waals surface area contributed by atoms with E-state index in [9.17, 15) is 13.2 Å². The summed E-state index contributed by atoms with van der Waals surface area (Å²) in [7, 11) is -3.94. The van der Waals surface area contributed by atoms with Crippen LogP contribution in [0.4, 0.5) is 0 Å². The molecule has 0 radical (unpaired) electrons. The van der Waals surface area contributed by atoms with E-state index in [2.05, 4.69) is 4.98 Å². The summed E-state index contributed by atoms with van der Waals surface area (Å²) in [5.41, 5.74) is 2.03. The number of fused-ring (bicyclic) bond motifs is 1. The number of hydrogen-bond acceptors (Lipinski definition) is 4. The van der Waals surface area contributed by atoms with Crippen LogP contribution in [-0.4, -0.2) is 19.2 Å². The van der Waals surface area contributed by atoms with Gasteiger partial charge in [0.25, 0.3) is 0 Å². The Balaban J connectivity index is 2.07. The van der Waals surface area contributed by atoms with Gasteiger partial charge >= 0.3 is 0 Å². The molecule has 3 aromatic carbocycles. The SMILES string of the molecule is CCc1ccc2ncc(C(=O)c3ccccc3)c(S(=O)(=O)c3ccccc3)c2c1. The third-order valence-corrected chi connectivity index (χ3v) is 6.76. The number of pyridine rings is 1. The summed E-state index contributed by atoms with van der Waals surface area (Å²) in [6.07, 6.45) is 2.12. The number of rotatable bonds is 5. The molecule has 4 rings (SSSR count). The van der Waals surface area contributed by atoms with Gasteiger partial charge in [-0.25, -0.2) is 8.42 Å². The van der Waals surface area contributed by atoms with Gasteiger partial charge in [0, 0.05) is 17.1 Å². The summed E-state index contributed by atoms with van der Waals surface area (Å²) >= 11 is 0. The molecule has 0 N–H and O–H groups in total. The molecule has 4 nitrogen and oxygen atoms in total. The Labute approximate surface area is 169 Å². The maximum absolute atomic E-state index is 13.6. The maximum Gasteiger partial charge on any atom is 0.208 e. The van der Waals surface area contributed by atoms with E-state index >= 15 is 0 Å². The van der Waals surface area contributed by atoms with Crippen molar-refractivity contribution in [3.05, 3.63) is 102 Å². The molecule has 1 aromatic heterocycles. The first-order valence-electron chi connectivity index (χ1n) is 9.34. The van der Waals surface area contributed by atoms with Crippen LogP contribution in [-0.2, 0) is 16.3 Å². The second-order valence-electron chi connectivity index (χ2n) is 6.72. The lowest BCUT2D eigenvalue weighted by Crippen LogP contribution is -2.12. The van der Waals surface area contributed by atoms with Gasteiger partial charge in [-0.05, 0) is 36.2 Å². The Kier molecular flexibility index (Phi) is 4.99. The second-order valence-corrected chi connectivity index (χ2v) is 8.60. The Morgan fingerprint density at radius 1 is 0.897 bits per heavy atom. The van der Waals surface area contributed by atoms with Crippen molar-refractivity contribution in [3.63, 3.8) is 0 Å². The Bertz CT molecular complexity index is 1300. The highest BCUT2D eigenvalue weighted by Gasteiger charge is 2.28. The number of hydrogen-bond donors (Lipinski definition) is 0. The predicted molar refractivity (Wildman–Crippen MR) is 113 cm³/mol. The molecule has 1 heterocycles. The molecule has 0 aliphatic carbocycles. The zero-order chi connectivity index (χ0) is 20.4. The zero-order valence-electron chi connectivity index (χ0n) is 15.9. The number of benzene rings is 3. The first-order valence-corrected chi connectivity index (χ1v) is 10.8. The summed E-state index contributed by atoms with van der Waals surface area (Å²) in [6.45, 7) is 2.00. The van der Waals surface area contributed by atoms with Crippen LogP contribution >= 0.6 is 0 Å². The highest BCUT2D eigenvalue weighted by molar-refractivity contribution is 7.91. The van der Waals surface area contributed by atoms with Crippen molar-refractivity contribution in [1.29, 1.82) is 0 Å². The lowest BCUT2D eigenvalue weighted by atomic mass is 10.0. The molecule has 0 aliphatic heterocycles. The van der Waals surface area contributed by atoms with Crippen LogP contribution in [0.25, 0.3) is 10.9 Å². The molecule has 144 valence electrons. The fourth-order valence-electron chi connectivity index (χ4n) is 3.35. The van der Waals surface area contributed by atoms with Crippen molar-refractivity contribution >= 4 is 26.5 Å². The summed E-state index contributed by atoms with van der Waals surface area (Å²) < 4.78 is 27.2. The highest BCUT2D eigenvalue weighted by Crippen LogP contribution is 2.32. The van der Waals surface area contributed by atoms with Crippen molar-refractivity contribution in [3.8, 4) is 0 Å². The van der Waals surface area contributed by atoms with E-state index in [1.165, 1.54) is 6.20 Å². The molecule has 0 saturated heterocycles. The minimum absolute atomic E-state index is 0.0119. The van der Waals surface area contributed by atoms with Crippen molar-refractivity contribution in [2.45, 2.75) is 23.1 Å². The van der Waals surface area contributed by atoms with Crippen LogP contribution in [0.5, 0.6) is 0 Å². The van der Waals surface area contributed by atoms with E-state index < -0.39 is 9.84 Å². The molecule has 29 heavy (non-hydrogen) atoms. The van der Waals surface area contributed by atoms with E-state index in [0.29, 0.717) is 16.5 Å². The van der Waals surface area contributed by atoms with E-state index in [1.807, 2.05) is 25.1 Å². The summed E-state index contributed by atoms with van der Waals surface area (Å²) in [5, 5.41) is 0.468. The van der Waals surface area contributed by atoms with Gasteiger partial charge in [0.15, 0.2) is 5.78 Å². The van der Waals surface area contributed by atoms with Crippen LogP contribution in [0.15, 0.2) is 94.9 Å². The molecular formula is C24H19NO3S. The molecule has 0 aliphatic rings. The maximum atomic E-state index is 13.6. The quantitative estimate of drug-likeness (QED) is 0.448. The molecule has 0 fully saturated rings. The van der Waals surface area contributed by atoms with Crippen molar-refractivity contribution in [1.82, 2.24) is 4.98 Å². The first-order chi connectivity index (χ1) is 14.0. The molecule has 0 atom stereocenters. The topological polar surface area (TPSA) is 64.1 Å². The fraction of sp³-hybridized carbons (Fsp3) is 0.0833. The number of sulfone groups is 1. The fourth-order valence-corrected chi connectivity index (χ4v) is 4.99. The molecule has 0 bridgehead atoms. The largest absolute Gasteiger partial charge is 0.289 e. The normalized spacial score (nSPS) is 11.5. The van der Waals surface area contributed by atoms with Crippen LogP contribution in [0.2, 0.25) is 0 Å². The van der Waals surface area contributed by atoms with E-state index in [1.54, 1.807) is 60.7 Å². The summed E-state index contributed by atoms with van der Waals surface area (Å²) in [6, 6.07) is 22.4.